The molecule has 0 aliphatic carbocycles. The molecule has 0 radical (unpaired) electrons. The van der Waals surface area contributed by atoms with E-state index in [4.69, 9.17) is 0 Å². The average Bonchev–Trinajstić information content (AvgIpc) is 2.62. The number of halogens is 1. The number of pyridine rings is 1. The molecule has 0 amide bonds. The fourth-order valence-corrected chi connectivity index (χ4v) is 4.55. The van der Waals surface area contributed by atoms with Crippen LogP contribution in [-0.4, -0.2) is 42.3 Å². The van der Waals surface area contributed by atoms with Gasteiger partial charge in [-0.1, -0.05) is 19.9 Å². The van der Waals surface area contributed by atoms with Crippen molar-refractivity contribution in [3.8, 4) is 0 Å². The number of hydrogen-bond donors (Lipinski definition) is 0. The van der Waals surface area contributed by atoms with Crippen molar-refractivity contribution in [3.63, 3.8) is 0 Å². The van der Waals surface area contributed by atoms with Gasteiger partial charge in [-0.2, -0.15) is 4.31 Å². The van der Waals surface area contributed by atoms with Gasteiger partial charge in [-0.3, -0.25) is 14.4 Å². The van der Waals surface area contributed by atoms with Crippen molar-refractivity contribution in [1.82, 2.24) is 8.87 Å². The summed E-state index contributed by atoms with van der Waals surface area (Å²) in [5, 5.41) is 0. The van der Waals surface area contributed by atoms with E-state index in [1.54, 1.807) is 44.3 Å². The first-order valence-electron chi connectivity index (χ1n) is 8.78. The molecule has 0 fully saturated rings. The molecule has 2 rings (SSSR count). The summed E-state index contributed by atoms with van der Waals surface area (Å²) in [4.78, 5) is 17.7. The fourth-order valence-electron chi connectivity index (χ4n) is 2.65. The van der Waals surface area contributed by atoms with Crippen molar-refractivity contribution in [2.75, 3.05) is 13.1 Å². The van der Waals surface area contributed by atoms with Gasteiger partial charge < -0.3 is 0 Å². The lowest BCUT2D eigenvalue weighted by molar-refractivity contribution is 0.0953. The summed E-state index contributed by atoms with van der Waals surface area (Å²) in [6, 6.07) is 9.82. The van der Waals surface area contributed by atoms with Gasteiger partial charge in [-0.15, -0.1) is 0 Å². The number of hydrogen-bond acceptors (Lipinski definition) is 4. The first kappa shape index (κ1) is 21.5. The van der Waals surface area contributed by atoms with Gasteiger partial charge in [0.05, 0.1) is 10.5 Å². The van der Waals surface area contributed by atoms with Gasteiger partial charge >= 0.3 is 0 Å². The van der Waals surface area contributed by atoms with Crippen molar-refractivity contribution in [3.05, 3.63) is 58.1 Å². The Bertz CT molecular complexity index is 993. The Hall–Kier alpha value is -1.77. The number of nitrogens with zero attached hydrogens (tertiary/aromatic N) is 3. The summed E-state index contributed by atoms with van der Waals surface area (Å²) in [5.74, 6) is -0.349. The highest BCUT2D eigenvalue weighted by Crippen LogP contribution is 2.24. The lowest BCUT2D eigenvalue weighted by Gasteiger charge is -2.19. The molecule has 2 aromatic rings. The summed E-state index contributed by atoms with van der Waals surface area (Å²) in [5.41, 5.74) is 0.779. The second-order valence-corrected chi connectivity index (χ2v) is 8.98. The van der Waals surface area contributed by atoms with Gasteiger partial charge in [0, 0.05) is 29.8 Å². The van der Waals surface area contributed by atoms with Crippen LogP contribution in [0.3, 0.4) is 0 Å². The van der Waals surface area contributed by atoms with Crippen LogP contribution in [0.4, 0.5) is 0 Å². The van der Waals surface area contributed by atoms with Crippen molar-refractivity contribution < 1.29 is 13.2 Å². The van der Waals surface area contributed by atoms with Crippen LogP contribution in [0.15, 0.2) is 57.0 Å². The molecule has 146 valence electrons. The first-order chi connectivity index (χ1) is 12.7. The van der Waals surface area contributed by atoms with Crippen molar-refractivity contribution in [2.45, 2.75) is 38.6 Å². The minimum absolute atomic E-state index is 0.0178. The normalized spacial score (nSPS) is 12.8. The standard InChI is InChI=1S/C19H24BrN3O3S/c1-5-22(6-2)27(25,26)15-10-11-17(20)16(13-15)19(24)23-12-8-7-9-18(23)21-14(3)4/h7-14H,5-6H2,1-4H3. The molecule has 6 nitrogen and oxygen atoms in total. The van der Waals surface area contributed by atoms with Crippen molar-refractivity contribution >= 4 is 31.9 Å². The number of sulfonamides is 1. The zero-order valence-corrected chi connectivity index (χ0v) is 18.3. The summed E-state index contributed by atoms with van der Waals surface area (Å²) >= 11 is 3.37. The molecule has 0 saturated carbocycles. The van der Waals surface area contributed by atoms with Crippen molar-refractivity contribution in [1.29, 1.82) is 0 Å². The molecule has 0 bridgehead atoms. The fraction of sp³-hybridized carbons (Fsp3) is 0.368. The van der Waals surface area contributed by atoms with E-state index in [1.807, 2.05) is 13.8 Å². The quantitative estimate of drug-likeness (QED) is 0.673. The number of benzene rings is 1. The van der Waals surface area contributed by atoms with Gasteiger partial charge in [-0.05, 0) is 60.1 Å². The van der Waals surface area contributed by atoms with Crippen LogP contribution in [-0.2, 0) is 10.0 Å². The predicted octanol–water partition coefficient (Wildman–Crippen LogP) is 3.28. The maximum absolute atomic E-state index is 13.1. The molecule has 0 unspecified atom stereocenters. The second-order valence-electron chi connectivity index (χ2n) is 6.19. The predicted molar refractivity (Wildman–Crippen MR) is 109 cm³/mol. The van der Waals surface area contributed by atoms with E-state index in [0.29, 0.717) is 23.0 Å². The number of carbonyl (C=O) groups is 1. The second kappa shape index (κ2) is 8.95. The summed E-state index contributed by atoms with van der Waals surface area (Å²) in [7, 11) is -3.66. The van der Waals surface area contributed by atoms with E-state index in [9.17, 15) is 13.2 Å². The number of carbonyl (C=O) groups excluding carboxylic acids is 1. The third-order valence-electron chi connectivity index (χ3n) is 3.96. The SMILES string of the molecule is CCN(CC)S(=O)(=O)c1ccc(Br)c(C(=O)n2ccccc2=NC(C)C)c1. The zero-order chi connectivity index (χ0) is 20.2. The molecule has 0 spiro atoms. The summed E-state index contributed by atoms with van der Waals surface area (Å²) in [6.07, 6.45) is 1.63. The van der Waals surface area contributed by atoms with Crippen LogP contribution < -0.4 is 5.49 Å². The highest BCUT2D eigenvalue weighted by Gasteiger charge is 2.24. The van der Waals surface area contributed by atoms with E-state index >= 15 is 0 Å². The topological polar surface area (TPSA) is 71.7 Å². The maximum Gasteiger partial charge on any atom is 0.264 e. The smallest absolute Gasteiger partial charge is 0.264 e. The first-order valence-corrected chi connectivity index (χ1v) is 11.0. The Balaban J connectivity index is 2.60. The van der Waals surface area contributed by atoms with Gasteiger partial charge in [-0.25, -0.2) is 8.42 Å². The Morgan fingerprint density at radius 2 is 1.85 bits per heavy atom. The van der Waals surface area contributed by atoms with E-state index in [-0.39, 0.29) is 22.4 Å². The van der Waals surface area contributed by atoms with E-state index in [1.165, 1.54) is 21.0 Å². The molecule has 8 heteroatoms. The number of aromatic nitrogens is 1. The monoisotopic (exact) mass is 453 g/mol. The summed E-state index contributed by atoms with van der Waals surface area (Å²) in [6.45, 7) is 8.15. The van der Waals surface area contributed by atoms with E-state index < -0.39 is 10.0 Å². The Labute approximate surface area is 168 Å². The molecule has 0 N–H and O–H groups in total. The molecule has 1 aromatic heterocycles. The van der Waals surface area contributed by atoms with Gasteiger partial charge in [0.25, 0.3) is 5.91 Å². The molecule has 27 heavy (non-hydrogen) atoms. The van der Waals surface area contributed by atoms with Crippen LogP contribution in [0.2, 0.25) is 0 Å². The van der Waals surface area contributed by atoms with Crippen LogP contribution in [0, 0.1) is 0 Å². The maximum atomic E-state index is 13.1. The largest absolute Gasteiger partial charge is 0.268 e. The molecule has 1 heterocycles. The highest BCUT2D eigenvalue weighted by molar-refractivity contribution is 9.10. The molecule has 0 saturated heterocycles. The molecule has 0 aliphatic heterocycles. The Morgan fingerprint density at radius 1 is 1.19 bits per heavy atom. The van der Waals surface area contributed by atoms with E-state index in [2.05, 4.69) is 20.9 Å². The summed E-state index contributed by atoms with van der Waals surface area (Å²) < 4.78 is 28.9. The van der Waals surface area contributed by atoms with Crippen LogP contribution in [0.5, 0.6) is 0 Å². The highest BCUT2D eigenvalue weighted by atomic mass is 79.9. The minimum atomic E-state index is -3.66. The lowest BCUT2D eigenvalue weighted by Crippen LogP contribution is -2.31. The van der Waals surface area contributed by atoms with Gasteiger partial charge in [0.1, 0.15) is 5.49 Å². The third kappa shape index (κ3) is 4.75. The average molecular weight is 454 g/mol. The Morgan fingerprint density at radius 3 is 2.44 bits per heavy atom. The number of rotatable bonds is 6. The molecule has 0 aliphatic rings. The van der Waals surface area contributed by atoms with Crippen LogP contribution in [0.1, 0.15) is 38.1 Å². The molecular weight excluding hydrogens is 430 g/mol. The molecule has 0 atom stereocenters. The van der Waals surface area contributed by atoms with Crippen LogP contribution in [0.25, 0.3) is 0 Å². The van der Waals surface area contributed by atoms with Crippen molar-refractivity contribution in [2.24, 2.45) is 4.99 Å². The van der Waals surface area contributed by atoms with Gasteiger partial charge in [0.15, 0.2) is 0 Å². The zero-order valence-electron chi connectivity index (χ0n) is 15.9. The van der Waals surface area contributed by atoms with Gasteiger partial charge in [0.2, 0.25) is 10.0 Å². The molecular formula is C19H24BrN3O3S. The third-order valence-corrected chi connectivity index (χ3v) is 6.70. The lowest BCUT2D eigenvalue weighted by atomic mass is 10.2. The van der Waals surface area contributed by atoms with Crippen LogP contribution >= 0.6 is 15.9 Å². The Kier molecular flexibility index (Phi) is 7.13. The van der Waals surface area contributed by atoms with E-state index in [0.717, 1.165) is 0 Å². The minimum Gasteiger partial charge on any atom is -0.268 e. The molecule has 1 aromatic carbocycles.